The average molecular weight is 255 g/mol. The van der Waals surface area contributed by atoms with Crippen LogP contribution in [0, 0.1) is 0 Å². The van der Waals surface area contributed by atoms with Gasteiger partial charge >= 0.3 is 0 Å². The van der Waals surface area contributed by atoms with Crippen LogP contribution in [0.25, 0.3) is 0 Å². The van der Waals surface area contributed by atoms with Crippen molar-refractivity contribution in [3.05, 3.63) is 23.8 Å². The second kappa shape index (κ2) is 4.93. The molecule has 0 amide bonds. The van der Waals surface area contributed by atoms with Gasteiger partial charge in [-0.15, -0.1) is 0 Å². The van der Waals surface area contributed by atoms with Crippen LogP contribution in [-0.4, -0.2) is 21.5 Å². The maximum absolute atomic E-state index is 11.6. The van der Waals surface area contributed by atoms with Crippen LogP contribution in [0.15, 0.2) is 18.2 Å². The maximum atomic E-state index is 11.6. The third-order valence-corrected chi connectivity index (χ3v) is 3.81. The Bertz CT molecular complexity index is 499. The second-order valence-electron chi connectivity index (χ2n) is 3.97. The molecule has 94 valence electrons. The first-order valence-corrected chi connectivity index (χ1v) is 7.24. The van der Waals surface area contributed by atoms with Crippen LogP contribution in [0.2, 0.25) is 0 Å². The molecular weight excluding hydrogens is 238 g/mol. The standard InChI is InChI=1S/C11H17N3O2S/c1-2-13-17(15,16)14-10-7-3-5-9-6-4-8-12-11(9)10/h3,5,7,12-14H,2,4,6,8H2,1H3. The molecule has 1 aliphatic heterocycles. The van der Waals surface area contributed by atoms with Crippen LogP contribution < -0.4 is 14.8 Å². The Morgan fingerprint density at radius 1 is 1.41 bits per heavy atom. The van der Waals surface area contributed by atoms with Crippen molar-refractivity contribution >= 4 is 21.6 Å². The van der Waals surface area contributed by atoms with Crippen molar-refractivity contribution in [1.82, 2.24) is 4.72 Å². The molecule has 5 nitrogen and oxygen atoms in total. The van der Waals surface area contributed by atoms with Crippen molar-refractivity contribution in [2.75, 3.05) is 23.1 Å². The van der Waals surface area contributed by atoms with Crippen LogP contribution in [0.1, 0.15) is 18.9 Å². The van der Waals surface area contributed by atoms with Crippen LogP contribution in [0.5, 0.6) is 0 Å². The highest BCUT2D eigenvalue weighted by atomic mass is 32.2. The number of para-hydroxylation sites is 1. The van der Waals surface area contributed by atoms with Crippen molar-refractivity contribution in [3.8, 4) is 0 Å². The summed E-state index contributed by atoms with van der Waals surface area (Å²) in [7, 11) is -3.46. The van der Waals surface area contributed by atoms with E-state index in [-0.39, 0.29) is 0 Å². The molecule has 0 fully saturated rings. The molecule has 17 heavy (non-hydrogen) atoms. The lowest BCUT2D eigenvalue weighted by molar-refractivity contribution is 0.589. The number of rotatable bonds is 4. The summed E-state index contributed by atoms with van der Waals surface area (Å²) < 4.78 is 28.2. The van der Waals surface area contributed by atoms with Crippen LogP contribution in [0.3, 0.4) is 0 Å². The van der Waals surface area contributed by atoms with Crippen molar-refractivity contribution in [1.29, 1.82) is 0 Å². The molecule has 0 unspecified atom stereocenters. The zero-order valence-electron chi connectivity index (χ0n) is 9.79. The molecule has 1 aromatic carbocycles. The number of aryl methyl sites for hydroxylation is 1. The number of benzene rings is 1. The van der Waals surface area contributed by atoms with Crippen LogP contribution in [0.4, 0.5) is 11.4 Å². The second-order valence-corrected chi connectivity index (χ2v) is 5.47. The van der Waals surface area contributed by atoms with Gasteiger partial charge in [-0.25, -0.2) is 0 Å². The zero-order chi connectivity index (χ0) is 12.3. The maximum Gasteiger partial charge on any atom is 0.299 e. The summed E-state index contributed by atoms with van der Waals surface area (Å²) in [4.78, 5) is 0. The first-order valence-electron chi connectivity index (χ1n) is 5.75. The topological polar surface area (TPSA) is 70.2 Å². The normalized spacial score (nSPS) is 14.9. The summed E-state index contributed by atoms with van der Waals surface area (Å²) in [5.74, 6) is 0. The zero-order valence-corrected chi connectivity index (χ0v) is 10.6. The fraction of sp³-hybridized carbons (Fsp3) is 0.455. The number of fused-ring (bicyclic) bond motifs is 1. The smallest absolute Gasteiger partial charge is 0.299 e. The van der Waals surface area contributed by atoms with Gasteiger partial charge in [-0.05, 0) is 24.5 Å². The molecule has 1 heterocycles. The van der Waals surface area contributed by atoms with Gasteiger partial charge in [0.1, 0.15) is 0 Å². The van der Waals surface area contributed by atoms with E-state index in [1.165, 1.54) is 0 Å². The van der Waals surface area contributed by atoms with Gasteiger partial charge in [0, 0.05) is 13.1 Å². The Labute approximate surface area is 102 Å². The molecule has 0 bridgehead atoms. The van der Waals surface area contributed by atoms with Gasteiger partial charge in [-0.2, -0.15) is 13.1 Å². The molecule has 0 saturated carbocycles. The van der Waals surface area contributed by atoms with E-state index in [0.29, 0.717) is 12.2 Å². The molecule has 1 aliphatic rings. The van der Waals surface area contributed by atoms with E-state index in [1.807, 2.05) is 12.1 Å². The van der Waals surface area contributed by atoms with Gasteiger partial charge < -0.3 is 5.32 Å². The summed E-state index contributed by atoms with van der Waals surface area (Å²) in [6, 6.07) is 5.66. The van der Waals surface area contributed by atoms with Crippen LogP contribution >= 0.6 is 0 Å². The van der Waals surface area contributed by atoms with Crippen molar-refractivity contribution < 1.29 is 8.42 Å². The summed E-state index contributed by atoms with van der Waals surface area (Å²) in [5, 5.41) is 3.24. The molecule has 0 aliphatic carbocycles. The molecule has 0 spiro atoms. The van der Waals surface area contributed by atoms with Gasteiger partial charge in [-0.3, -0.25) is 4.72 Å². The summed E-state index contributed by atoms with van der Waals surface area (Å²) in [6.45, 7) is 3.00. The van der Waals surface area contributed by atoms with E-state index in [1.54, 1.807) is 13.0 Å². The van der Waals surface area contributed by atoms with E-state index in [4.69, 9.17) is 0 Å². The summed E-state index contributed by atoms with van der Waals surface area (Å²) >= 11 is 0. The Kier molecular flexibility index (Phi) is 3.54. The van der Waals surface area contributed by atoms with Crippen molar-refractivity contribution in [3.63, 3.8) is 0 Å². The molecule has 0 atom stereocenters. The number of hydrogen-bond donors (Lipinski definition) is 3. The predicted octanol–water partition coefficient (Wildman–Crippen LogP) is 1.31. The SMILES string of the molecule is CCNS(=O)(=O)Nc1cccc2c1NCCC2. The fourth-order valence-electron chi connectivity index (χ4n) is 1.97. The Balaban J connectivity index is 2.27. The van der Waals surface area contributed by atoms with E-state index in [0.717, 1.165) is 30.6 Å². The Morgan fingerprint density at radius 2 is 2.24 bits per heavy atom. The molecule has 2 rings (SSSR count). The Morgan fingerprint density at radius 3 is 3.00 bits per heavy atom. The number of anilines is 2. The highest BCUT2D eigenvalue weighted by Gasteiger charge is 2.15. The molecule has 1 aromatic rings. The first kappa shape index (κ1) is 12.2. The van der Waals surface area contributed by atoms with Crippen LogP contribution in [-0.2, 0) is 16.6 Å². The Hall–Kier alpha value is -1.27. The van der Waals surface area contributed by atoms with Gasteiger partial charge in [0.2, 0.25) is 0 Å². The van der Waals surface area contributed by atoms with Gasteiger partial charge in [0.15, 0.2) is 0 Å². The molecule has 0 radical (unpaired) electrons. The monoisotopic (exact) mass is 255 g/mol. The highest BCUT2D eigenvalue weighted by Crippen LogP contribution is 2.30. The number of hydrogen-bond acceptors (Lipinski definition) is 3. The van der Waals surface area contributed by atoms with E-state index < -0.39 is 10.2 Å². The highest BCUT2D eigenvalue weighted by molar-refractivity contribution is 7.90. The van der Waals surface area contributed by atoms with Gasteiger partial charge in [0.05, 0.1) is 11.4 Å². The first-order chi connectivity index (χ1) is 8.12. The largest absolute Gasteiger partial charge is 0.383 e. The van der Waals surface area contributed by atoms with Gasteiger partial charge in [-0.1, -0.05) is 19.1 Å². The summed E-state index contributed by atoms with van der Waals surface area (Å²) in [5.41, 5.74) is 2.68. The average Bonchev–Trinajstić information content (AvgIpc) is 2.29. The number of nitrogens with one attached hydrogen (secondary N) is 3. The van der Waals surface area contributed by atoms with E-state index in [2.05, 4.69) is 14.8 Å². The molecule has 3 N–H and O–H groups in total. The van der Waals surface area contributed by atoms with Gasteiger partial charge in [0.25, 0.3) is 10.2 Å². The summed E-state index contributed by atoms with van der Waals surface area (Å²) in [6.07, 6.45) is 2.07. The molecule has 0 aromatic heterocycles. The van der Waals surface area contributed by atoms with Crippen molar-refractivity contribution in [2.24, 2.45) is 0 Å². The predicted molar refractivity (Wildman–Crippen MR) is 69.5 cm³/mol. The molecule has 0 saturated heterocycles. The molecular formula is C11H17N3O2S. The van der Waals surface area contributed by atoms with E-state index in [9.17, 15) is 8.42 Å². The van der Waals surface area contributed by atoms with E-state index >= 15 is 0 Å². The lowest BCUT2D eigenvalue weighted by Crippen LogP contribution is -2.30. The minimum absolute atomic E-state index is 0.373. The molecule has 6 heteroatoms. The lowest BCUT2D eigenvalue weighted by Gasteiger charge is -2.21. The van der Waals surface area contributed by atoms with Crippen molar-refractivity contribution in [2.45, 2.75) is 19.8 Å². The quantitative estimate of drug-likeness (QED) is 0.759. The minimum atomic E-state index is -3.46. The third-order valence-electron chi connectivity index (χ3n) is 2.65. The lowest BCUT2D eigenvalue weighted by atomic mass is 10.0. The third kappa shape index (κ3) is 2.89. The fourth-order valence-corrected chi connectivity index (χ4v) is 2.88. The minimum Gasteiger partial charge on any atom is -0.383 e.